The van der Waals surface area contributed by atoms with Crippen LogP contribution in [0.15, 0.2) is 48.1 Å². The van der Waals surface area contributed by atoms with Crippen LogP contribution in [-0.4, -0.2) is 36.3 Å². The second-order valence-electron chi connectivity index (χ2n) is 5.81. The number of rotatable bonds is 6. The van der Waals surface area contributed by atoms with Gasteiger partial charge in [-0.3, -0.25) is 0 Å². The van der Waals surface area contributed by atoms with E-state index in [1.54, 1.807) is 38.9 Å². The monoisotopic (exact) mass is 394 g/mol. The average Bonchev–Trinajstić information content (AvgIpc) is 3.16. The van der Waals surface area contributed by atoms with Crippen LogP contribution in [-0.2, 0) is 0 Å². The number of hydrogen-bond acceptors (Lipinski definition) is 8. The molecular formula is C20H18N4O3S. The van der Waals surface area contributed by atoms with E-state index in [-0.39, 0.29) is 0 Å². The number of hydrogen-bond donors (Lipinski definition) is 1. The third-order valence-corrected chi connectivity index (χ3v) is 5.11. The zero-order valence-corrected chi connectivity index (χ0v) is 16.4. The predicted octanol–water partition coefficient (Wildman–Crippen LogP) is 4.52. The lowest BCUT2D eigenvalue weighted by Crippen LogP contribution is -1.98. The third-order valence-electron chi connectivity index (χ3n) is 4.21. The molecule has 1 aromatic carbocycles. The first-order chi connectivity index (χ1) is 13.7. The molecule has 4 aromatic rings. The SMILES string of the molecule is COc1ccc(Nc2ncc3scc(-c4cccnc4OC)c3n2)cc1OC. The van der Waals surface area contributed by atoms with Gasteiger partial charge in [0.2, 0.25) is 11.8 Å². The molecule has 0 saturated carbocycles. The third kappa shape index (κ3) is 3.29. The van der Waals surface area contributed by atoms with Crippen molar-refractivity contribution in [2.45, 2.75) is 0 Å². The summed E-state index contributed by atoms with van der Waals surface area (Å²) in [5.41, 5.74) is 3.50. The van der Waals surface area contributed by atoms with Crippen LogP contribution in [0.25, 0.3) is 21.3 Å². The van der Waals surface area contributed by atoms with Crippen molar-refractivity contribution < 1.29 is 14.2 Å². The van der Waals surface area contributed by atoms with Crippen molar-refractivity contribution in [3.63, 3.8) is 0 Å². The van der Waals surface area contributed by atoms with Crippen LogP contribution in [0, 0.1) is 0 Å². The van der Waals surface area contributed by atoms with Gasteiger partial charge >= 0.3 is 0 Å². The van der Waals surface area contributed by atoms with E-state index in [0.29, 0.717) is 23.3 Å². The minimum atomic E-state index is 0.488. The lowest BCUT2D eigenvalue weighted by Gasteiger charge is -2.10. The maximum absolute atomic E-state index is 5.40. The van der Waals surface area contributed by atoms with Crippen LogP contribution in [0.2, 0.25) is 0 Å². The fraction of sp³-hybridized carbons (Fsp3) is 0.150. The number of benzene rings is 1. The Morgan fingerprint density at radius 2 is 1.79 bits per heavy atom. The van der Waals surface area contributed by atoms with Gasteiger partial charge in [-0.1, -0.05) is 0 Å². The fourth-order valence-corrected chi connectivity index (χ4v) is 3.75. The first-order valence-electron chi connectivity index (χ1n) is 8.46. The summed E-state index contributed by atoms with van der Waals surface area (Å²) < 4.78 is 17.0. The van der Waals surface area contributed by atoms with E-state index in [4.69, 9.17) is 19.2 Å². The van der Waals surface area contributed by atoms with Gasteiger partial charge in [0.15, 0.2) is 11.5 Å². The number of pyridine rings is 1. The van der Waals surface area contributed by atoms with Crippen LogP contribution in [0.4, 0.5) is 11.6 Å². The molecule has 0 amide bonds. The summed E-state index contributed by atoms with van der Waals surface area (Å²) in [7, 11) is 4.81. The number of methoxy groups -OCH3 is 3. The Labute approximate surface area is 166 Å². The molecule has 0 unspecified atom stereocenters. The van der Waals surface area contributed by atoms with Crippen LogP contribution < -0.4 is 19.5 Å². The van der Waals surface area contributed by atoms with Crippen molar-refractivity contribution >= 4 is 33.2 Å². The summed E-state index contributed by atoms with van der Waals surface area (Å²) in [6, 6.07) is 9.40. The van der Waals surface area contributed by atoms with Crippen LogP contribution in [0.5, 0.6) is 17.4 Å². The summed E-state index contributed by atoms with van der Waals surface area (Å²) >= 11 is 1.58. The fourth-order valence-electron chi connectivity index (χ4n) is 2.88. The van der Waals surface area contributed by atoms with E-state index in [2.05, 4.69) is 15.3 Å². The Hall–Kier alpha value is -3.39. The molecule has 0 fully saturated rings. The molecule has 0 aliphatic heterocycles. The highest BCUT2D eigenvalue weighted by atomic mass is 32.1. The molecule has 142 valence electrons. The van der Waals surface area contributed by atoms with Gasteiger partial charge in [-0.25, -0.2) is 15.0 Å². The van der Waals surface area contributed by atoms with E-state index < -0.39 is 0 Å². The Kier molecular flexibility index (Phi) is 4.94. The van der Waals surface area contributed by atoms with Crippen LogP contribution in [0.3, 0.4) is 0 Å². The van der Waals surface area contributed by atoms with Crippen molar-refractivity contribution in [2.75, 3.05) is 26.6 Å². The zero-order chi connectivity index (χ0) is 19.5. The Bertz CT molecular complexity index is 1130. The lowest BCUT2D eigenvalue weighted by molar-refractivity contribution is 0.355. The number of aromatic nitrogens is 3. The number of anilines is 2. The summed E-state index contributed by atoms with van der Waals surface area (Å²) in [6.45, 7) is 0. The Morgan fingerprint density at radius 3 is 2.57 bits per heavy atom. The number of thiophene rings is 1. The predicted molar refractivity (Wildman–Crippen MR) is 110 cm³/mol. The normalized spacial score (nSPS) is 10.7. The second kappa shape index (κ2) is 7.69. The first kappa shape index (κ1) is 18.0. The van der Waals surface area contributed by atoms with E-state index in [1.807, 2.05) is 41.9 Å². The molecule has 0 spiro atoms. The molecule has 3 heterocycles. The van der Waals surface area contributed by atoms with Crippen LogP contribution >= 0.6 is 11.3 Å². The highest BCUT2D eigenvalue weighted by Gasteiger charge is 2.14. The van der Waals surface area contributed by atoms with Gasteiger partial charge in [-0.2, -0.15) is 0 Å². The molecular weight excluding hydrogens is 376 g/mol. The standard InChI is InChI=1S/C20H18N4O3S/c1-25-15-7-6-12(9-16(15)26-2)23-20-22-10-17-18(24-20)14(11-28-17)13-5-4-8-21-19(13)27-3/h4-11H,1-3H3,(H,22,23,24). The minimum absolute atomic E-state index is 0.488. The number of fused-ring (bicyclic) bond motifs is 1. The molecule has 0 atom stereocenters. The molecule has 3 aromatic heterocycles. The maximum Gasteiger partial charge on any atom is 0.227 e. The van der Waals surface area contributed by atoms with E-state index >= 15 is 0 Å². The molecule has 8 heteroatoms. The smallest absolute Gasteiger partial charge is 0.227 e. The Morgan fingerprint density at radius 1 is 0.929 bits per heavy atom. The van der Waals surface area contributed by atoms with Gasteiger partial charge in [0.05, 0.1) is 37.7 Å². The highest BCUT2D eigenvalue weighted by Crippen LogP contribution is 2.37. The maximum atomic E-state index is 5.40. The highest BCUT2D eigenvalue weighted by molar-refractivity contribution is 7.17. The summed E-state index contributed by atoms with van der Waals surface area (Å²) in [4.78, 5) is 13.4. The van der Waals surface area contributed by atoms with Gasteiger partial charge in [0.25, 0.3) is 0 Å². The molecule has 0 bridgehead atoms. The molecule has 7 nitrogen and oxygen atoms in total. The van der Waals surface area contributed by atoms with Crippen molar-refractivity contribution in [2.24, 2.45) is 0 Å². The van der Waals surface area contributed by atoms with Gasteiger partial charge in [-0.05, 0) is 24.3 Å². The number of nitrogens with one attached hydrogen (secondary N) is 1. The van der Waals surface area contributed by atoms with Crippen molar-refractivity contribution in [1.82, 2.24) is 15.0 Å². The van der Waals surface area contributed by atoms with E-state index in [1.165, 1.54) is 0 Å². The van der Waals surface area contributed by atoms with E-state index in [0.717, 1.165) is 27.0 Å². The molecule has 0 radical (unpaired) electrons. The average molecular weight is 394 g/mol. The quantitative estimate of drug-likeness (QED) is 0.515. The number of nitrogens with zero attached hydrogens (tertiary/aromatic N) is 3. The molecule has 0 aliphatic rings. The van der Waals surface area contributed by atoms with E-state index in [9.17, 15) is 0 Å². The largest absolute Gasteiger partial charge is 0.493 e. The molecule has 28 heavy (non-hydrogen) atoms. The lowest BCUT2D eigenvalue weighted by atomic mass is 10.1. The molecule has 1 N–H and O–H groups in total. The van der Waals surface area contributed by atoms with Gasteiger partial charge in [0.1, 0.15) is 0 Å². The van der Waals surface area contributed by atoms with Gasteiger partial charge in [0, 0.05) is 34.5 Å². The topological polar surface area (TPSA) is 78.4 Å². The van der Waals surface area contributed by atoms with Crippen molar-refractivity contribution in [3.8, 4) is 28.5 Å². The van der Waals surface area contributed by atoms with Gasteiger partial charge in [-0.15, -0.1) is 11.3 Å². The Balaban J connectivity index is 1.72. The van der Waals surface area contributed by atoms with Crippen LogP contribution in [0.1, 0.15) is 0 Å². The van der Waals surface area contributed by atoms with Gasteiger partial charge < -0.3 is 19.5 Å². The number of ether oxygens (including phenoxy) is 3. The molecule has 0 saturated heterocycles. The summed E-state index contributed by atoms with van der Waals surface area (Å²) in [5.74, 6) is 2.34. The van der Waals surface area contributed by atoms with Crippen molar-refractivity contribution in [3.05, 3.63) is 48.1 Å². The molecule has 4 rings (SSSR count). The molecule has 0 aliphatic carbocycles. The minimum Gasteiger partial charge on any atom is -0.493 e. The van der Waals surface area contributed by atoms with Crippen molar-refractivity contribution in [1.29, 1.82) is 0 Å². The first-order valence-corrected chi connectivity index (χ1v) is 9.34. The zero-order valence-electron chi connectivity index (χ0n) is 15.6. The second-order valence-corrected chi connectivity index (χ2v) is 6.72. The summed E-state index contributed by atoms with van der Waals surface area (Å²) in [6.07, 6.45) is 3.51. The summed E-state index contributed by atoms with van der Waals surface area (Å²) in [5, 5.41) is 5.26.